The smallest absolute Gasteiger partial charge is 0.250 e. The predicted molar refractivity (Wildman–Crippen MR) is 83.0 cm³/mol. The number of para-hydroxylation sites is 1. The first kappa shape index (κ1) is 16.0. The number of hydrogen-bond donors (Lipinski definition) is 3. The van der Waals surface area contributed by atoms with Crippen molar-refractivity contribution in [2.75, 3.05) is 11.9 Å². The molecule has 1 saturated heterocycles. The van der Waals surface area contributed by atoms with E-state index in [1.54, 1.807) is 18.2 Å². The number of anilines is 1. The Labute approximate surface area is 129 Å². The monoisotopic (exact) mass is 303 g/mol. The number of carbonyl (C=O) groups excluding carboxylic acids is 3. The van der Waals surface area contributed by atoms with Gasteiger partial charge in [0.15, 0.2) is 0 Å². The molecule has 0 aliphatic carbocycles. The Bertz CT molecular complexity index is 619. The lowest BCUT2D eigenvalue weighted by atomic mass is 9.74. The van der Waals surface area contributed by atoms with Crippen LogP contribution >= 0.6 is 0 Å². The highest BCUT2D eigenvalue weighted by Gasteiger charge is 2.45. The molecule has 0 spiro atoms. The largest absolute Gasteiger partial charge is 0.366 e. The molecule has 1 fully saturated rings. The molecule has 0 bridgehead atoms. The number of amides is 3. The summed E-state index contributed by atoms with van der Waals surface area (Å²) < 4.78 is 0. The minimum atomic E-state index is -0.777. The van der Waals surface area contributed by atoms with Crippen molar-refractivity contribution >= 4 is 23.4 Å². The summed E-state index contributed by atoms with van der Waals surface area (Å²) in [7, 11) is 0. The third-order valence-corrected chi connectivity index (χ3v) is 4.03. The van der Waals surface area contributed by atoms with Crippen LogP contribution in [0.25, 0.3) is 0 Å². The van der Waals surface area contributed by atoms with Crippen LogP contribution in [0.3, 0.4) is 0 Å². The second-order valence-electron chi connectivity index (χ2n) is 6.59. The van der Waals surface area contributed by atoms with E-state index in [1.165, 1.54) is 6.07 Å². The summed E-state index contributed by atoms with van der Waals surface area (Å²) in [6.07, 6.45) is 0. The Morgan fingerprint density at radius 2 is 1.91 bits per heavy atom. The van der Waals surface area contributed by atoms with Crippen molar-refractivity contribution in [1.82, 2.24) is 5.32 Å². The van der Waals surface area contributed by atoms with Crippen LogP contribution in [0.15, 0.2) is 24.3 Å². The molecule has 1 aliphatic rings. The number of nitrogens with one attached hydrogen (secondary N) is 2. The van der Waals surface area contributed by atoms with E-state index in [4.69, 9.17) is 5.73 Å². The Morgan fingerprint density at radius 3 is 2.50 bits per heavy atom. The molecule has 1 aromatic rings. The van der Waals surface area contributed by atoms with E-state index in [0.717, 1.165) is 0 Å². The minimum Gasteiger partial charge on any atom is -0.366 e. The van der Waals surface area contributed by atoms with Gasteiger partial charge in [-0.2, -0.15) is 0 Å². The zero-order valence-corrected chi connectivity index (χ0v) is 13.0. The molecule has 0 saturated carbocycles. The van der Waals surface area contributed by atoms with Crippen LogP contribution in [0.5, 0.6) is 0 Å². The fraction of sp³-hybridized carbons (Fsp3) is 0.438. The van der Waals surface area contributed by atoms with Crippen molar-refractivity contribution in [2.45, 2.75) is 20.8 Å². The Morgan fingerprint density at radius 1 is 1.27 bits per heavy atom. The highest BCUT2D eigenvalue weighted by atomic mass is 16.2. The van der Waals surface area contributed by atoms with Gasteiger partial charge in [0.25, 0.3) is 5.91 Å². The predicted octanol–water partition coefficient (Wildman–Crippen LogP) is 1.13. The first-order chi connectivity index (χ1) is 10.2. The van der Waals surface area contributed by atoms with Gasteiger partial charge in [-0.15, -0.1) is 0 Å². The molecule has 1 aliphatic heterocycles. The van der Waals surface area contributed by atoms with Crippen LogP contribution in [0.1, 0.15) is 31.1 Å². The van der Waals surface area contributed by atoms with Crippen molar-refractivity contribution in [3.63, 3.8) is 0 Å². The highest BCUT2D eigenvalue weighted by molar-refractivity contribution is 6.10. The van der Waals surface area contributed by atoms with E-state index >= 15 is 0 Å². The molecule has 3 amide bonds. The van der Waals surface area contributed by atoms with Crippen LogP contribution < -0.4 is 16.4 Å². The lowest BCUT2D eigenvalue weighted by Crippen LogP contribution is -2.37. The van der Waals surface area contributed by atoms with Crippen molar-refractivity contribution in [1.29, 1.82) is 0 Å². The summed E-state index contributed by atoms with van der Waals surface area (Å²) in [6, 6.07) is 6.48. The summed E-state index contributed by atoms with van der Waals surface area (Å²) >= 11 is 0. The van der Waals surface area contributed by atoms with Gasteiger partial charge in [-0.05, 0) is 17.5 Å². The molecule has 0 aromatic heterocycles. The van der Waals surface area contributed by atoms with Crippen LogP contribution in [-0.2, 0) is 9.59 Å². The van der Waals surface area contributed by atoms with Gasteiger partial charge in [0.2, 0.25) is 11.8 Å². The number of primary amides is 1. The molecule has 1 heterocycles. The van der Waals surface area contributed by atoms with Crippen molar-refractivity contribution in [2.24, 2.45) is 23.0 Å². The molecular formula is C16H21N3O3. The molecule has 118 valence electrons. The third kappa shape index (κ3) is 3.10. The van der Waals surface area contributed by atoms with Gasteiger partial charge in [0.1, 0.15) is 5.92 Å². The number of hydrogen-bond acceptors (Lipinski definition) is 3. The first-order valence-corrected chi connectivity index (χ1v) is 7.19. The Kier molecular flexibility index (Phi) is 4.21. The second kappa shape index (κ2) is 5.79. The molecular weight excluding hydrogens is 282 g/mol. The van der Waals surface area contributed by atoms with Crippen LogP contribution in [-0.4, -0.2) is 24.3 Å². The quantitative estimate of drug-likeness (QED) is 0.730. The zero-order chi connectivity index (χ0) is 16.5. The highest BCUT2D eigenvalue weighted by Crippen LogP contribution is 2.35. The van der Waals surface area contributed by atoms with Gasteiger partial charge in [-0.3, -0.25) is 14.4 Å². The van der Waals surface area contributed by atoms with Crippen LogP contribution in [0, 0.1) is 17.3 Å². The maximum Gasteiger partial charge on any atom is 0.250 e. The lowest BCUT2D eigenvalue weighted by Gasteiger charge is -2.29. The Balaban J connectivity index is 2.25. The summed E-state index contributed by atoms with van der Waals surface area (Å²) in [6.45, 7) is 6.46. The molecule has 0 unspecified atom stereocenters. The van der Waals surface area contributed by atoms with Gasteiger partial charge in [-0.1, -0.05) is 32.9 Å². The number of carbonyl (C=O) groups is 3. The number of rotatable bonds is 3. The topological polar surface area (TPSA) is 101 Å². The van der Waals surface area contributed by atoms with E-state index in [-0.39, 0.29) is 22.8 Å². The number of nitrogens with two attached hydrogens (primary N) is 1. The fourth-order valence-electron chi connectivity index (χ4n) is 2.75. The van der Waals surface area contributed by atoms with Gasteiger partial charge in [0, 0.05) is 12.5 Å². The third-order valence-electron chi connectivity index (χ3n) is 4.03. The van der Waals surface area contributed by atoms with E-state index in [2.05, 4.69) is 10.6 Å². The molecule has 4 N–H and O–H groups in total. The maximum atomic E-state index is 12.5. The van der Waals surface area contributed by atoms with E-state index < -0.39 is 17.7 Å². The summed E-state index contributed by atoms with van der Waals surface area (Å²) in [5, 5.41) is 5.40. The molecule has 6 nitrogen and oxygen atoms in total. The average Bonchev–Trinajstić information content (AvgIpc) is 2.81. The Hall–Kier alpha value is -2.37. The minimum absolute atomic E-state index is 0.110. The molecule has 0 radical (unpaired) electrons. The van der Waals surface area contributed by atoms with Crippen LogP contribution in [0.4, 0.5) is 5.69 Å². The van der Waals surface area contributed by atoms with Crippen molar-refractivity contribution in [3.8, 4) is 0 Å². The average molecular weight is 303 g/mol. The van der Waals surface area contributed by atoms with Gasteiger partial charge < -0.3 is 16.4 Å². The lowest BCUT2D eigenvalue weighted by molar-refractivity contribution is -0.132. The normalized spacial score (nSPS) is 21.3. The van der Waals surface area contributed by atoms with E-state index in [1.807, 2.05) is 20.8 Å². The van der Waals surface area contributed by atoms with E-state index in [0.29, 0.717) is 12.2 Å². The summed E-state index contributed by atoms with van der Waals surface area (Å²) in [5.41, 5.74) is 5.66. The van der Waals surface area contributed by atoms with Crippen LogP contribution in [0.2, 0.25) is 0 Å². The van der Waals surface area contributed by atoms with Crippen molar-refractivity contribution < 1.29 is 14.4 Å². The second-order valence-corrected chi connectivity index (χ2v) is 6.59. The first-order valence-electron chi connectivity index (χ1n) is 7.19. The maximum absolute atomic E-state index is 12.5. The SMILES string of the molecule is CC(C)(C)[C@H]1CNC(=O)[C@H]1C(=O)Nc1ccccc1C(N)=O. The summed E-state index contributed by atoms with van der Waals surface area (Å²) in [5.74, 6) is -2.21. The fourth-order valence-corrected chi connectivity index (χ4v) is 2.75. The zero-order valence-electron chi connectivity index (χ0n) is 13.0. The molecule has 22 heavy (non-hydrogen) atoms. The number of benzene rings is 1. The summed E-state index contributed by atoms with van der Waals surface area (Å²) in [4.78, 5) is 36.0. The molecule has 1 aromatic carbocycles. The van der Waals surface area contributed by atoms with E-state index in [9.17, 15) is 14.4 Å². The molecule has 6 heteroatoms. The molecule has 2 rings (SSSR count). The van der Waals surface area contributed by atoms with Gasteiger partial charge >= 0.3 is 0 Å². The van der Waals surface area contributed by atoms with Gasteiger partial charge in [0.05, 0.1) is 11.3 Å². The standard InChI is InChI=1S/C16H21N3O3/c1-16(2,3)10-8-18-14(21)12(10)15(22)19-11-7-5-4-6-9(11)13(17)20/h4-7,10,12H,8H2,1-3H3,(H2,17,20)(H,18,21)(H,19,22)/t10-,12-/m0/s1. The van der Waals surface area contributed by atoms with Gasteiger partial charge in [-0.25, -0.2) is 0 Å². The molecule has 2 atom stereocenters. The van der Waals surface area contributed by atoms with Crippen molar-refractivity contribution in [3.05, 3.63) is 29.8 Å².